The van der Waals surface area contributed by atoms with Crippen LogP contribution < -0.4 is 10.2 Å². The van der Waals surface area contributed by atoms with Gasteiger partial charge in [-0.05, 0) is 40.5 Å². The van der Waals surface area contributed by atoms with Crippen LogP contribution in [0.15, 0.2) is 22.7 Å². The molecule has 2 nitrogen and oxygen atoms in total. The molecule has 1 aromatic carbocycles. The summed E-state index contributed by atoms with van der Waals surface area (Å²) >= 11 is 9.47. The summed E-state index contributed by atoms with van der Waals surface area (Å²) < 4.78 is 0.971. The molecule has 1 atom stereocenters. The molecule has 1 aliphatic rings. The van der Waals surface area contributed by atoms with Gasteiger partial charge in [0.1, 0.15) is 0 Å². The van der Waals surface area contributed by atoms with Gasteiger partial charge in [0, 0.05) is 35.8 Å². The van der Waals surface area contributed by atoms with E-state index in [1.54, 1.807) is 0 Å². The molecule has 0 aliphatic carbocycles. The molecule has 0 aromatic heterocycles. The van der Waals surface area contributed by atoms with E-state index < -0.39 is 0 Å². The Balaban J connectivity index is 2.13. The van der Waals surface area contributed by atoms with Gasteiger partial charge in [-0.3, -0.25) is 0 Å². The van der Waals surface area contributed by atoms with Crippen molar-refractivity contribution in [2.45, 2.75) is 19.4 Å². The number of piperazine rings is 1. The highest BCUT2D eigenvalue weighted by Crippen LogP contribution is 2.28. The van der Waals surface area contributed by atoms with Crippen LogP contribution in [0.2, 0.25) is 5.02 Å². The first-order valence-electron chi connectivity index (χ1n) is 5.64. The fourth-order valence-electron chi connectivity index (χ4n) is 2.02. The van der Waals surface area contributed by atoms with Crippen LogP contribution in [-0.4, -0.2) is 25.7 Å². The fourth-order valence-corrected chi connectivity index (χ4v) is 2.50. The van der Waals surface area contributed by atoms with Crippen LogP contribution in [-0.2, 0) is 0 Å². The summed E-state index contributed by atoms with van der Waals surface area (Å²) in [5.74, 6) is 0. The average Bonchev–Trinajstić information content (AvgIpc) is 2.33. The van der Waals surface area contributed by atoms with Gasteiger partial charge in [0.05, 0.1) is 5.02 Å². The molecule has 1 heterocycles. The van der Waals surface area contributed by atoms with Gasteiger partial charge in [0.15, 0.2) is 0 Å². The predicted octanol–water partition coefficient (Wildman–Crippen LogP) is 3.29. The molecule has 1 saturated heterocycles. The van der Waals surface area contributed by atoms with E-state index in [1.807, 2.05) is 6.07 Å². The lowest BCUT2D eigenvalue weighted by atomic mass is 10.1. The van der Waals surface area contributed by atoms with Gasteiger partial charge in [-0.25, -0.2) is 0 Å². The van der Waals surface area contributed by atoms with Crippen LogP contribution in [0.3, 0.4) is 0 Å². The van der Waals surface area contributed by atoms with Crippen LogP contribution in [0, 0.1) is 0 Å². The maximum absolute atomic E-state index is 6.00. The average molecular weight is 304 g/mol. The molecule has 4 heteroatoms. The molecule has 0 radical (unpaired) electrons. The number of nitrogens with one attached hydrogen (secondary N) is 1. The second-order valence-corrected chi connectivity index (χ2v) is 5.37. The predicted molar refractivity (Wildman–Crippen MR) is 73.4 cm³/mol. The SMILES string of the molecule is CCC1CN(c2ccc(Cl)c(Br)c2)CCN1. The van der Waals surface area contributed by atoms with E-state index in [2.05, 4.69) is 45.2 Å². The first-order valence-corrected chi connectivity index (χ1v) is 6.81. The van der Waals surface area contributed by atoms with E-state index in [1.165, 1.54) is 12.1 Å². The molecular formula is C12H16BrClN2. The molecule has 0 saturated carbocycles. The minimum atomic E-state index is 0.600. The van der Waals surface area contributed by atoms with E-state index in [-0.39, 0.29) is 0 Å². The summed E-state index contributed by atoms with van der Waals surface area (Å²) in [6, 6.07) is 6.73. The summed E-state index contributed by atoms with van der Waals surface area (Å²) in [4.78, 5) is 2.41. The quantitative estimate of drug-likeness (QED) is 0.902. The highest BCUT2D eigenvalue weighted by atomic mass is 79.9. The molecule has 16 heavy (non-hydrogen) atoms. The Morgan fingerprint density at radius 1 is 1.56 bits per heavy atom. The summed E-state index contributed by atoms with van der Waals surface area (Å²) in [6.07, 6.45) is 1.17. The van der Waals surface area contributed by atoms with Gasteiger partial charge >= 0.3 is 0 Å². The van der Waals surface area contributed by atoms with Crippen molar-refractivity contribution in [2.24, 2.45) is 0 Å². The van der Waals surface area contributed by atoms with E-state index >= 15 is 0 Å². The highest BCUT2D eigenvalue weighted by Gasteiger charge is 2.18. The zero-order valence-electron chi connectivity index (χ0n) is 9.34. The van der Waals surface area contributed by atoms with E-state index in [0.717, 1.165) is 29.1 Å². The highest BCUT2D eigenvalue weighted by molar-refractivity contribution is 9.10. The Kier molecular flexibility index (Phi) is 4.11. The van der Waals surface area contributed by atoms with Crippen molar-refractivity contribution in [3.8, 4) is 0 Å². The Morgan fingerprint density at radius 3 is 3.06 bits per heavy atom. The van der Waals surface area contributed by atoms with Crippen molar-refractivity contribution in [1.29, 1.82) is 0 Å². The molecular weight excluding hydrogens is 288 g/mol. The summed E-state index contributed by atoms with van der Waals surface area (Å²) in [6.45, 7) is 5.41. The second kappa shape index (κ2) is 5.39. The molecule has 1 unspecified atom stereocenters. The maximum atomic E-state index is 6.00. The second-order valence-electron chi connectivity index (χ2n) is 4.10. The zero-order chi connectivity index (χ0) is 11.5. The summed E-state index contributed by atoms with van der Waals surface area (Å²) in [5.41, 5.74) is 1.25. The standard InChI is InChI=1S/C12H16BrClN2/c1-2-9-8-16(6-5-15-9)10-3-4-12(14)11(13)7-10/h3-4,7,9,15H,2,5-6,8H2,1H3. The fraction of sp³-hybridized carbons (Fsp3) is 0.500. The molecule has 0 spiro atoms. The first-order chi connectivity index (χ1) is 7.70. The van der Waals surface area contributed by atoms with E-state index in [9.17, 15) is 0 Å². The van der Waals surface area contributed by atoms with Crippen molar-refractivity contribution >= 4 is 33.2 Å². The summed E-state index contributed by atoms with van der Waals surface area (Å²) in [5, 5.41) is 4.28. The minimum Gasteiger partial charge on any atom is -0.369 e. The van der Waals surface area contributed by atoms with Crippen molar-refractivity contribution < 1.29 is 0 Å². The molecule has 88 valence electrons. The third kappa shape index (κ3) is 2.70. The monoisotopic (exact) mass is 302 g/mol. The van der Waals surface area contributed by atoms with Gasteiger partial charge in [-0.15, -0.1) is 0 Å². The Bertz CT molecular complexity index is 370. The molecule has 1 aliphatic heterocycles. The van der Waals surface area contributed by atoms with Crippen LogP contribution in [0.25, 0.3) is 0 Å². The number of nitrogens with zero attached hydrogens (tertiary/aromatic N) is 1. The lowest BCUT2D eigenvalue weighted by Gasteiger charge is -2.35. The van der Waals surface area contributed by atoms with Crippen molar-refractivity contribution in [3.63, 3.8) is 0 Å². The Hall–Kier alpha value is -0.250. The number of halogens is 2. The molecule has 0 amide bonds. The third-order valence-electron chi connectivity index (χ3n) is 3.02. The zero-order valence-corrected chi connectivity index (χ0v) is 11.7. The first kappa shape index (κ1) is 12.2. The Morgan fingerprint density at radius 2 is 2.38 bits per heavy atom. The van der Waals surface area contributed by atoms with Gasteiger partial charge < -0.3 is 10.2 Å². The topological polar surface area (TPSA) is 15.3 Å². The smallest absolute Gasteiger partial charge is 0.0549 e. The van der Waals surface area contributed by atoms with Crippen molar-refractivity contribution in [3.05, 3.63) is 27.7 Å². The molecule has 1 aromatic rings. The summed E-state index contributed by atoms with van der Waals surface area (Å²) in [7, 11) is 0. The van der Waals surface area contributed by atoms with Crippen molar-refractivity contribution in [2.75, 3.05) is 24.5 Å². The lowest BCUT2D eigenvalue weighted by Crippen LogP contribution is -2.50. The number of benzene rings is 1. The minimum absolute atomic E-state index is 0.600. The van der Waals surface area contributed by atoms with Gasteiger partial charge in [0.25, 0.3) is 0 Å². The van der Waals surface area contributed by atoms with E-state index in [4.69, 9.17) is 11.6 Å². The number of anilines is 1. The molecule has 2 rings (SSSR count). The van der Waals surface area contributed by atoms with Crippen molar-refractivity contribution in [1.82, 2.24) is 5.32 Å². The van der Waals surface area contributed by atoms with Crippen LogP contribution >= 0.6 is 27.5 Å². The molecule has 0 bridgehead atoms. The lowest BCUT2D eigenvalue weighted by molar-refractivity contribution is 0.447. The van der Waals surface area contributed by atoms with Gasteiger partial charge in [-0.1, -0.05) is 18.5 Å². The Labute approximate surface area is 110 Å². The number of rotatable bonds is 2. The van der Waals surface area contributed by atoms with E-state index in [0.29, 0.717) is 6.04 Å². The number of hydrogen-bond acceptors (Lipinski definition) is 2. The van der Waals surface area contributed by atoms with Crippen LogP contribution in [0.1, 0.15) is 13.3 Å². The van der Waals surface area contributed by atoms with Crippen LogP contribution in [0.5, 0.6) is 0 Å². The van der Waals surface area contributed by atoms with Crippen LogP contribution in [0.4, 0.5) is 5.69 Å². The molecule has 1 fully saturated rings. The normalized spacial score (nSPS) is 21.2. The van der Waals surface area contributed by atoms with Gasteiger partial charge in [-0.2, -0.15) is 0 Å². The maximum Gasteiger partial charge on any atom is 0.0549 e. The third-order valence-corrected chi connectivity index (χ3v) is 4.23. The number of hydrogen-bond donors (Lipinski definition) is 1. The van der Waals surface area contributed by atoms with Gasteiger partial charge in [0.2, 0.25) is 0 Å². The molecule has 1 N–H and O–H groups in total. The largest absolute Gasteiger partial charge is 0.369 e.